The van der Waals surface area contributed by atoms with Crippen LogP contribution in [0.2, 0.25) is 0 Å². The van der Waals surface area contributed by atoms with Crippen LogP contribution in [0.4, 0.5) is 10.1 Å². The van der Waals surface area contributed by atoms with Crippen molar-refractivity contribution in [3.63, 3.8) is 0 Å². The van der Waals surface area contributed by atoms with Gasteiger partial charge in [0.2, 0.25) is 0 Å². The number of aromatic hydroxyl groups is 1. The van der Waals surface area contributed by atoms with Crippen LogP contribution in [0.15, 0.2) is 74.6 Å². The molecule has 0 radical (unpaired) electrons. The van der Waals surface area contributed by atoms with Crippen molar-refractivity contribution < 1.29 is 28.6 Å². The van der Waals surface area contributed by atoms with Gasteiger partial charge in [0.25, 0.3) is 17.4 Å². The third kappa shape index (κ3) is 5.06. The summed E-state index contributed by atoms with van der Waals surface area (Å²) in [4.78, 5) is 72.0. The molecule has 17 heteroatoms. The third-order valence-corrected chi connectivity index (χ3v) is 12.7. The zero-order valence-electron chi connectivity index (χ0n) is 30.8. The molecule has 2 aromatic heterocycles. The minimum Gasteiger partial charge on any atom is -0.507 e. The number of imide groups is 1. The Hall–Kier alpha value is -5.67. The maximum Gasteiger partial charge on any atom is 0.347 e. The quantitative estimate of drug-likeness (QED) is 0.146. The SMILES string of the molecule is COc1cc2nc(CCn3c(=O)n4n(c3=O)[C@@H]3C[C@@]5(Cl)C(=O)N(c6ccc(F)cc6)C(=O)[C@@]5(Cl)[C@@H](c5cc(C)c(O)c(C)c5)C3=CC4)c(=O)n(C)c2cc1OC. The van der Waals surface area contributed by atoms with Gasteiger partial charge < -0.3 is 19.1 Å². The largest absolute Gasteiger partial charge is 0.507 e. The maximum absolute atomic E-state index is 14.6. The summed E-state index contributed by atoms with van der Waals surface area (Å²) in [6, 6.07) is 10.3. The summed E-state index contributed by atoms with van der Waals surface area (Å²) in [6.45, 7) is 3.05. The second kappa shape index (κ2) is 12.9. The summed E-state index contributed by atoms with van der Waals surface area (Å²) >= 11 is 14.9. The predicted octanol–water partition coefficient (Wildman–Crippen LogP) is 3.98. The highest BCUT2D eigenvalue weighted by atomic mass is 35.5. The molecule has 56 heavy (non-hydrogen) atoms. The van der Waals surface area contributed by atoms with Gasteiger partial charge in [-0.05, 0) is 60.4 Å². The minimum absolute atomic E-state index is 0.0259. The smallest absolute Gasteiger partial charge is 0.347 e. The molecule has 2 aliphatic heterocycles. The Kier molecular flexibility index (Phi) is 8.62. The number of nitrogens with zero attached hydrogens (tertiary/aromatic N) is 6. The van der Waals surface area contributed by atoms with Crippen LogP contribution < -0.4 is 31.3 Å². The van der Waals surface area contributed by atoms with Gasteiger partial charge in [0, 0.05) is 44.5 Å². The number of phenolic OH excluding ortho intramolecular Hbond substituents is 1. The molecule has 2 fully saturated rings. The van der Waals surface area contributed by atoms with Gasteiger partial charge in [-0.3, -0.25) is 14.4 Å². The van der Waals surface area contributed by atoms with E-state index in [0.717, 1.165) is 21.6 Å². The van der Waals surface area contributed by atoms with E-state index < -0.39 is 56.3 Å². The number of fused-ring (bicyclic) bond motifs is 5. The number of carbonyl (C=O) groups is 2. The number of benzene rings is 3. The first-order valence-corrected chi connectivity index (χ1v) is 18.4. The lowest BCUT2D eigenvalue weighted by atomic mass is 9.64. The van der Waals surface area contributed by atoms with Crippen LogP contribution in [0.5, 0.6) is 17.2 Å². The first kappa shape index (κ1) is 37.3. The van der Waals surface area contributed by atoms with Gasteiger partial charge in [-0.1, -0.05) is 18.2 Å². The molecular weight excluding hydrogens is 770 g/mol. The zero-order valence-corrected chi connectivity index (χ0v) is 32.3. The fourth-order valence-corrected chi connectivity index (χ4v) is 9.43. The Morgan fingerprint density at radius 3 is 2.21 bits per heavy atom. The molecule has 290 valence electrons. The molecule has 8 rings (SSSR count). The molecule has 0 spiro atoms. The van der Waals surface area contributed by atoms with Crippen molar-refractivity contribution in [2.24, 2.45) is 7.05 Å². The van der Waals surface area contributed by atoms with Crippen molar-refractivity contribution in [1.82, 2.24) is 23.5 Å². The second-order valence-electron chi connectivity index (χ2n) is 14.3. The van der Waals surface area contributed by atoms with E-state index >= 15 is 0 Å². The van der Waals surface area contributed by atoms with Gasteiger partial charge in [0.05, 0.1) is 43.5 Å². The van der Waals surface area contributed by atoms with E-state index in [-0.39, 0.29) is 43.1 Å². The molecule has 5 aromatic rings. The van der Waals surface area contributed by atoms with E-state index in [2.05, 4.69) is 4.98 Å². The van der Waals surface area contributed by atoms with Crippen molar-refractivity contribution in [2.75, 3.05) is 19.1 Å². The molecule has 1 saturated carbocycles. The summed E-state index contributed by atoms with van der Waals surface area (Å²) in [5.74, 6) is -2.59. The number of phenols is 1. The minimum atomic E-state index is -2.17. The van der Waals surface area contributed by atoms with Gasteiger partial charge in [-0.2, -0.15) is 0 Å². The Balaban J connectivity index is 1.24. The van der Waals surface area contributed by atoms with Crippen LogP contribution >= 0.6 is 23.2 Å². The number of anilines is 1. The molecule has 2 amide bonds. The second-order valence-corrected chi connectivity index (χ2v) is 15.5. The zero-order chi connectivity index (χ0) is 40.2. The number of hydrogen-bond donors (Lipinski definition) is 1. The number of aryl methyl sites for hydroxylation is 4. The third-order valence-electron chi connectivity index (χ3n) is 11.3. The lowest BCUT2D eigenvalue weighted by Crippen LogP contribution is -2.59. The van der Waals surface area contributed by atoms with Crippen molar-refractivity contribution in [3.8, 4) is 17.2 Å². The molecule has 4 heterocycles. The van der Waals surface area contributed by atoms with E-state index in [1.165, 1.54) is 40.3 Å². The number of alkyl halides is 2. The van der Waals surface area contributed by atoms with Gasteiger partial charge >= 0.3 is 11.4 Å². The molecule has 3 aliphatic rings. The number of rotatable bonds is 7. The summed E-state index contributed by atoms with van der Waals surface area (Å²) < 4.78 is 29.6. The fourth-order valence-electron chi connectivity index (χ4n) is 8.52. The first-order valence-electron chi connectivity index (χ1n) is 17.6. The van der Waals surface area contributed by atoms with E-state index in [4.69, 9.17) is 32.7 Å². The highest BCUT2D eigenvalue weighted by molar-refractivity contribution is 6.58. The number of amides is 2. The molecule has 0 bridgehead atoms. The Morgan fingerprint density at radius 1 is 0.929 bits per heavy atom. The number of halogens is 3. The van der Waals surface area contributed by atoms with E-state index in [9.17, 15) is 33.5 Å². The lowest BCUT2D eigenvalue weighted by molar-refractivity contribution is -0.122. The summed E-state index contributed by atoms with van der Waals surface area (Å²) in [5.41, 5.74) is 1.10. The molecule has 4 atom stereocenters. The number of allylic oxidation sites excluding steroid dienone is 2. The lowest BCUT2D eigenvalue weighted by Gasteiger charge is -2.49. The van der Waals surface area contributed by atoms with Gasteiger partial charge in [0.15, 0.2) is 21.2 Å². The topological polar surface area (TPSA) is 160 Å². The number of methoxy groups -OCH3 is 2. The standard InChI is InChI=1S/C39H35Cl2FN6O8/c1-19-14-21(15-20(2)32(19)49)31-24-10-13-46-36(53)45(12-11-25-33(50)44(3)27-17-30(56-5)29(55-4)16-26(27)43-25)37(54)48(46)28(24)18-38(40)34(51)47(35(52)39(31,38)41)23-8-6-22(42)7-9-23/h6-10,14-17,28,31,49H,11-13,18H2,1-5H3/t28-,31+,38-,39+/m1/s1. The summed E-state index contributed by atoms with van der Waals surface area (Å²) in [6.07, 6.45) is 1.26. The molecule has 14 nitrogen and oxygen atoms in total. The highest BCUT2D eigenvalue weighted by Gasteiger charge is 2.75. The van der Waals surface area contributed by atoms with Crippen LogP contribution in [-0.2, 0) is 36.1 Å². The van der Waals surface area contributed by atoms with Crippen molar-refractivity contribution >= 4 is 51.7 Å². The van der Waals surface area contributed by atoms with Gasteiger partial charge in [-0.25, -0.2) is 37.8 Å². The molecule has 1 aliphatic carbocycles. The number of ether oxygens (including phenoxy) is 2. The molecular formula is C39H35Cl2FN6O8. The first-order chi connectivity index (χ1) is 26.6. The van der Waals surface area contributed by atoms with Crippen molar-refractivity contribution in [2.45, 2.75) is 61.5 Å². The Labute approximate surface area is 327 Å². The Bertz CT molecular complexity index is 2730. The Morgan fingerprint density at radius 2 is 1.57 bits per heavy atom. The van der Waals surface area contributed by atoms with E-state index in [1.54, 1.807) is 51.2 Å². The van der Waals surface area contributed by atoms with Crippen LogP contribution in [0.1, 0.15) is 40.8 Å². The number of aromatic nitrogens is 5. The normalized spacial score (nSPS) is 22.9. The van der Waals surface area contributed by atoms with Gasteiger partial charge in [-0.15, -0.1) is 23.2 Å². The molecule has 1 saturated heterocycles. The van der Waals surface area contributed by atoms with Gasteiger partial charge in [0.1, 0.15) is 17.3 Å². The summed E-state index contributed by atoms with van der Waals surface area (Å²) in [5, 5.41) is 10.7. The highest BCUT2D eigenvalue weighted by Crippen LogP contribution is 2.64. The van der Waals surface area contributed by atoms with Crippen molar-refractivity contribution in [3.05, 3.63) is 120 Å². The molecule has 3 aromatic carbocycles. The van der Waals surface area contributed by atoms with Crippen LogP contribution in [0.3, 0.4) is 0 Å². The van der Waals surface area contributed by atoms with Crippen LogP contribution in [-0.4, -0.2) is 64.4 Å². The maximum atomic E-state index is 14.6. The predicted molar refractivity (Wildman–Crippen MR) is 205 cm³/mol. The average molecular weight is 806 g/mol. The van der Waals surface area contributed by atoms with E-state index in [0.29, 0.717) is 44.8 Å². The number of hydrogen-bond acceptors (Lipinski definition) is 9. The molecule has 1 N–H and O–H groups in total. The van der Waals surface area contributed by atoms with Crippen LogP contribution in [0.25, 0.3) is 11.0 Å². The number of carbonyl (C=O) groups excluding carboxylic acids is 2. The monoisotopic (exact) mass is 804 g/mol. The van der Waals surface area contributed by atoms with E-state index in [1.807, 2.05) is 0 Å². The fraction of sp³-hybridized carbons (Fsp3) is 0.333. The summed E-state index contributed by atoms with van der Waals surface area (Å²) in [7, 11) is 4.53. The molecule has 0 unspecified atom stereocenters. The van der Waals surface area contributed by atoms with Crippen molar-refractivity contribution in [1.29, 1.82) is 0 Å². The average Bonchev–Trinajstić information content (AvgIpc) is 3.51. The van der Waals surface area contributed by atoms with Crippen LogP contribution in [0, 0.1) is 19.7 Å².